The predicted molar refractivity (Wildman–Crippen MR) is 42.1 cm³/mol. The number of anilines is 1. The van der Waals surface area contributed by atoms with Gasteiger partial charge in [0.05, 0.1) is 5.69 Å². The summed E-state index contributed by atoms with van der Waals surface area (Å²) in [6.45, 7) is 0. The van der Waals surface area contributed by atoms with Gasteiger partial charge in [-0.25, -0.2) is 0 Å². The fourth-order valence-corrected chi connectivity index (χ4v) is 1.76. The first-order valence-electron chi connectivity index (χ1n) is 4.07. The Morgan fingerprint density at radius 3 is 2.73 bits per heavy atom. The molecule has 0 spiro atoms. The zero-order valence-electron chi connectivity index (χ0n) is 6.42. The first-order valence-corrected chi connectivity index (χ1v) is 4.07. The standard InChI is InChI=1S/C8H12N2O/c9-7-5-11-10-8(7)6-3-1-2-4-6/h5-6H,1-4,9H2. The van der Waals surface area contributed by atoms with Crippen molar-refractivity contribution >= 4 is 5.69 Å². The smallest absolute Gasteiger partial charge is 0.147 e. The van der Waals surface area contributed by atoms with E-state index in [-0.39, 0.29) is 0 Å². The molecule has 3 heteroatoms. The zero-order chi connectivity index (χ0) is 7.68. The van der Waals surface area contributed by atoms with Crippen molar-refractivity contribution < 1.29 is 4.52 Å². The number of nitrogens with two attached hydrogens (primary N) is 1. The second kappa shape index (κ2) is 2.57. The molecule has 0 saturated heterocycles. The number of hydrogen-bond donors (Lipinski definition) is 1. The maximum atomic E-state index is 5.66. The average molecular weight is 152 g/mol. The quantitative estimate of drug-likeness (QED) is 0.668. The number of nitrogens with zero attached hydrogens (tertiary/aromatic N) is 1. The summed E-state index contributed by atoms with van der Waals surface area (Å²) in [4.78, 5) is 0. The van der Waals surface area contributed by atoms with Crippen LogP contribution >= 0.6 is 0 Å². The molecule has 3 nitrogen and oxygen atoms in total. The SMILES string of the molecule is Nc1conc1C1CCCC1. The van der Waals surface area contributed by atoms with Crippen LogP contribution in [0.15, 0.2) is 10.8 Å². The normalized spacial score (nSPS) is 19.3. The third kappa shape index (κ3) is 1.11. The van der Waals surface area contributed by atoms with Crippen LogP contribution in [0.25, 0.3) is 0 Å². The van der Waals surface area contributed by atoms with Gasteiger partial charge >= 0.3 is 0 Å². The molecule has 1 saturated carbocycles. The molecule has 0 radical (unpaired) electrons. The molecular formula is C8H12N2O. The number of hydrogen-bond acceptors (Lipinski definition) is 3. The molecule has 1 aliphatic rings. The van der Waals surface area contributed by atoms with Crippen LogP contribution in [-0.2, 0) is 0 Å². The first kappa shape index (κ1) is 6.70. The van der Waals surface area contributed by atoms with E-state index in [1.54, 1.807) is 0 Å². The predicted octanol–water partition coefficient (Wildman–Crippen LogP) is 1.91. The molecule has 0 bridgehead atoms. The minimum absolute atomic E-state index is 0.564. The number of nitrogen functional groups attached to an aromatic ring is 1. The lowest BCUT2D eigenvalue weighted by Gasteiger charge is -2.03. The number of aromatic nitrogens is 1. The van der Waals surface area contributed by atoms with E-state index in [1.165, 1.54) is 31.9 Å². The lowest BCUT2D eigenvalue weighted by Crippen LogP contribution is -1.96. The van der Waals surface area contributed by atoms with Crippen LogP contribution in [0.3, 0.4) is 0 Å². The van der Waals surface area contributed by atoms with Crippen molar-refractivity contribution in [2.75, 3.05) is 5.73 Å². The van der Waals surface area contributed by atoms with E-state index in [1.807, 2.05) is 0 Å². The molecule has 11 heavy (non-hydrogen) atoms. The van der Waals surface area contributed by atoms with E-state index < -0.39 is 0 Å². The molecule has 1 heterocycles. The van der Waals surface area contributed by atoms with Crippen LogP contribution in [0.4, 0.5) is 5.69 Å². The summed E-state index contributed by atoms with van der Waals surface area (Å²) < 4.78 is 4.78. The third-order valence-electron chi connectivity index (χ3n) is 2.37. The summed E-state index contributed by atoms with van der Waals surface area (Å²) in [6, 6.07) is 0. The van der Waals surface area contributed by atoms with Crippen molar-refractivity contribution in [2.24, 2.45) is 0 Å². The van der Waals surface area contributed by atoms with E-state index in [0.29, 0.717) is 5.92 Å². The molecule has 0 unspecified atom stereocenters. The second-order valence-electron chi connectivity index (χ2n) is 3.14. The molecule has 1 aromatic rings. The summed E-state index contributed by atoms with van der Waals surface area (Å²) in [7, 11) is 0. The molecule has 1 aliphatic carbocycles. The fourth-order valence-electron chi connectivity index (χ4n) is 1.76. The molecule has 1 aromatic heterocycles. The maximum absolute atomic E-state index is 5.66. The maximum Gasteiger partial charge on any atom is 0.147 e. The second-order valence-corrected chi connectivity index (χ2v) is 3.14. The molecule has 60 valence electrons. The Balaban J connectivity index is 2.21. The lowest BCUT2D eigenvalue weighted by molar-refractivity contribution is 0.405. The Morgan fingerprint density at radius 2 is 2.18 bits per heavy atom. The summed E-state index contributed by atoms with van der Waals surface area (Å²) in [5, 5.41) is 3.90. The number of rotatable bonds is 1. The van der Waals surface area contributed by atoms with Crippen LogP contribution in [-0.4, -0.2) is 5.16 Å². The zero-order valence-corrected chi connectivity index (χ0v) is 6.42. The van der Waals surface area contributed by atoms with Crippen LogP contribution in [0, 0.1) is 0 Å². The first-order chi connectivity index (χ1) is 5.38. The van der Waals surface area contributed by atoms with Crippen LogP contribution < -0.4 is 5.73 Å². The molecule has 2 N–H and O–H groups in total. The van der Waals surface area contributed by atoms with Crippen molar-refractivity contribution in [3.8, 4) is 0 Å². The van der Waals surface area contributed by atoms with Gasteiger partial charge in [-0.1, -0.05) is 18.0 Å². The van der Waals surface area contributed by atoms with Crippen LogP contribution in [0.2, 0.25) is 0 Å². The van der Waals surface area contributed by atoms with Gasteiger partial charge in [0.1, 0.15) is 12.0 Å². The van der Waals surface area contributed by atoms with Crippen molar-refractivity contribution in [3.05, 3.63) is 12.0 Å². The van der Waals surface area contributed by atoms with E-state index >= 15 is 0 Å². The molecular weight excluding hydrogens is 140 g/mol. The topological polar surface area (TPSA) is 52.0 Å². The fraction of sp³-hybridized carbons (Fsp3) is 0.625. The highest BCUT2D eigenvalue weighted by Gasteiger charge is 2.21. The third-order valence-corrected chi connectivity index (χ3v) is 2.37. The largest absolute Gasteiger partial charge is 0.395 e. The van der Waals surface area contributed by atoms with E-state index in [2.05, 4.69) is 5.16 Å². The minimum Gasteiger partial charge on any atom is -0.395 e. The Bertz CT molecular complexity index is 238. The molecule has 0 aromatic carbocycles. The van der Waals surface area contributed by atoms with Crippen molar-refractivity contribution in [3.63, 3.8) is 0 Å². The average Bonchev–Trinajstić information content (AvgIpc) is 2.55. The minimum atomic E-state index is 0.564. The highest BCUT2D eigenvalue weighted by Crippen LogP contribution is 2.35. The molecule has 0 aliphatic heterocycles. The highest BCUT2D eigenvalue weighted by molar-refractivity contribution is 5.41. The van der Waals surface area contributed by atoms with Gasteiger partial charge < -0.3 is 10.3 Å². The van der Waals surface area contributed by atoms with E-state index in [4.69, 9.17) is 10.3 Å². The lowest BCUT2D eigenvalue weighted by atomic mass is 10.0. The van der Waals surface area contributed by atoms with Crippen molar-refractivity contribution in [1.29, 1.82) is 0 Å². The highest BCUT2D eigenvalue weighted by atomic mass is 16.5. The monoisotopic (exact) mass is 152 g/mol. The van der Waals surface area contributed by atoms with E-state index in [9.17, 15) is 0 Å². The summed E-state index contributed by atoms with van der Waals surface area (Å²) in [5.74, 6) is 0.564. The summed E-state index contributed by atoms with van der Waals surface area (Å²) in [5.41, 5.74) is 7.36. The van der Waals surface area contributed by atoms with Gasteiger partial charge in [-0.15, -0.1) is 0 Å². The Labute approximate surface area is 65.6 Å². The Morgan fingerprint density at radius 1 is 1.45 bits per heavy atom. The van der Waals surface area contributed by atoms with Gasteiger partial charge in [0.2, 0.25) is 0 Å². The Hall–Kier alpha value is -0.990. The van der Waals surface area contributed by atoms with Crippen molar-refractivity contribution in [1.82, 2.24) is 5.16 Å². The van der Waals surface area contributed by atoms with Crippen molar-refractivity contribution in [2.45, 2.75) is 31.6 Å². The molecule has 0 amide bonds. The molecule has 0 atom stereocenters. The van der Waals surface area contributed by atoms with Gasteiger partial charge in [-0.2, -0.15) is 0 Å². The van der Waals surface area contributed by atoms with Gasteiger partial charge in [-0.05, 0) is 12.8 Å². The van der Waals surface area contributed by atoms with Crippen LogP contribution in [0.5, 0.6) is 0 Å². The van der Waals surface area contributed by atoms with Crippen LogP contribution in [0.1, 0.15) is 37.3 Å². The van der Waals surface area contributed by atoms with Gasteiger partial charge in [0.15, 0.2) is 0 Å². The van der Waals surface area contributed by atoms with Gasteiger partial charge in [-0.3, -0.25) is 0 Å². The molecule has 2 rings (SSSR count). The van der Waals surface area contributed by atoms with E-state index in [0.717, 1.165) is 11.4 Å². The Kier molecular flexibility index (Phi) is 1.56. The van der Waals surface area contributed by atoms with Gasteiger partial charge in [0, 0.05) is 5.92 Å². The summed E-state index contributed by atoms with van der Waals surface area (Å²) in [6.07, 6.45) is 6.56. The molecule has 1 fully saturated rings. The van der Waals surface area contributed by atoms with Gasteiger partial charge in [0.25, 0.3) is 0 Å². The summed E-state index contributed by atoms with van der Waals surface area (Å²) >= 11 is 0.